The highest BCUT2D eigenvalue weighted by atomic mass is 14.5. The minimum Gasteiger partial charge on any atom is -0.0651 e. The average molecular weight is 154 g/mol. The summed E-state index contributed by atoms with van der Waals surface area (Å²) in [5.74, 6) is 2.98. The predicted octanol–water partition coefficient (Wildman–Crippen LogP) is 3.71. The Hall–Kier alpha value is 0. The minimum absolute atomic E-state index is 0.547. The lowest BCUT2D eigenvalue weighted by Gasteiger charge is -2.49. The lowest BCUT2D eigenvalue weighted by atomic mass is 9.56. The molecule has 0 nitrogen and oxygen atoms in total. The molecule has 0 aromatic heterocycles. The minimum atomic E-state index is 0.547. The highest BCUT2D eigenvalue weighted by Crippen LogP contribution is 2.50. The molecule has 66 valence electrons. The van der Waals surface area contributed by atoms with Gasteiger partial charge >= 0.3 is 0 Å². The van der Waals surface area contributed by atoms with Crippen LogP contribution < -0.4 is 0 Å². The van der Waals surface area contributed by atoms with Crippen molar-refractivity contribution < 1.29 is 0 Å². The summed E-state index contributed by atoms with van der Waals surface area (Å²) in [5.41, 5.74) is 0.547. The fraction of sp³-hybridized carbons (Fsp3) is 1.00. The van der Waals surface area contributed by atoms with E-state index in [0.717, 1.165) is 17.8 Å². The molecule has 1 fully saturated rings. The van der Waals surface area contributed by atoms with Crippen molar-refractivity contribution in [1.82, 2.24) is 0 Å². The first-order chi connectivity index (χ1) is 4.96. The zero-order valence-corrected chi connectivity index (χ0v) is 8.65. The van der Waals surface area contributed by atoms with E-state index < -0.39 is 0 Å². The lowest BCUT2D eigenvalue weighted by Crippen LogP contribution is -2.42. The van der Waals surface area contributed by atoms with Crippen LogP contribution in [0.2, 0.25) is 0 Å². The first-order valence-electron chi connectivity index (χ1n) is 4.96. The quantitative estimate of drug-likeness (QED) is 0.540. The maximum Gasteiger partial charge on any atom is -0.0334 e. The van der Waals surface area contributed by atoms with E-state index in [1.807, 2.05) is 0 Å². The summed E-state index contributed by atoms with van der Waals surface area (Å²) in [5, 5.41) is 0. The van der Waals surface area contributed by atoms with E-state index in [0.29, 0.717) is 5.41 Å². The van der Waals surface area contributed by atoms with E-state index in [9.17, 15) is 0 Å². The first kappa shape index (κ1) is 9.09. The van der Waals surface area contributed by atoms with E-state index in [4.69, 9.17) is 0 Å². The molecule has 1 saturated carbocycles. The predicted molar refractivity (Wildman–Crippen MR) is 50.5 cm³/mol. The molecule has 1 aliphatic rings. The van der Waals surface area contributed by atoms with Crippen LogP contribution in [0.5, 0.6) is 0 Å². The molecular weight excluding hydrogens is 132 g/mol. The third kappa shape index (κ3) is 1.60. The molecule has 1 aliphatic carbocycles. The second-order valence-corrected chi connectivity index (χ2v) is 5.24. The second-order valence-electron chi connectivity index (χ2n) is 5.24. The summed E-state index contributed by atoms with van der Waals surface area (Å²) in [6.07, 6.45) is 2.86. The summed E-state index contributed by atoms with van der Waals surface area (Å²) in [4.78, 5) is 0. The Balaban J connectivity index is 2.45. The molecule has 0 heteroatoms. The molecule has 0 bridgehead atoms. The largest absolute Gasteiger partial charge is 0.0651 e. The smallest absolute Gasteiger partial charge is 0.0334 e. The molecule has 3 atom stereocenters. The van der Waals surface area contributed by atoms with Crippen molar-refractivity contribution in [3.8, 4) is 0 Å². The first-order valence-corrected chi connectivity index (χ1v) is 4.96. The van der Waals surface area contributed by atoms with Crippen molar-refractivity contribution >= 4 is 0 Å². The average Bonchev–Trinajstić information content (AvgIpc) is 1.83. The van der Waals surface area contributed by atoms with Gasteiger partial charge in [0.05, 0.1) is 0 Å². The molecule has 11 heavy (non-hydrogen) atoms. The van der Waals surface area contributed by atoms with Crippen LogP contribution in [0.25, 0.3) is 0 Å². The fourth-order valence-electron chi connectivity index (χ4n) is 2.57. The van der Waals surface area contributed by atoms with Gasteiger partial charge in [-0.1, -0.05) is 41.0 Å². The Labute approximate surface area is 71.4 Å². The number of hydrogen-bond acceptors (Lipinski definition) is 0. The molecule has 0 amide bonds. The van der Waals surface area contributed by atoms with Crippen LogP contribution in [0.4, 0.5) is 0 Å². The van der Waals surface area contributed by atoms with E-state index >= 15 is 0 Å². The van der Waals surface area contributed by atoms with Gasteiger partial charge in [0, 0.05) is 0 Å². The summed E-state index contributed by atoms with van der Waals surface area (Å²) in [6, 6.07) is 0. The van der Waals surface area contributed by atoms with Gasteiger partial charge in [-0.2, -0.15) is 0 Å². The van der Waals surface area contributed by atoms with Crippen molar-refractivity contribution in [3.63, 3.8) is 0 Å². The standard InChI is InChI=1S/C11H22/c1-6-9-7-10(8(9)2)11(3,4)5/h8-10H,6-7H2,1-5H3. The molecule has 0 N–H and O–H groups in total. The topological polar surface area (TPSA) is 0 Å². The fourth-order valence-corrected chi connectivity index (χ4v) is 2.57. The SMILES string of the molecule is CCC1CC(C(C)(C)C)C1C. The third-order valence-electron chi connectivity index (χ3n) is 3.57. The molecule has 0 heterocycles. The zero-order chi connectivity index (χ0) is 8.65. The summed E-state index contributed by atoms with van der Waals surface area (Å²) in [7, 11) is 0. The van der Waals surface area contributed by atoms with Gasteiger partial charge in [0.15, 0.2) is 0 Å². The van der Waals surface area contributed by atoms with Crippen LogP contribution in [0, 0.1) is 23.2 Å². The van der Waals surface area contributed by atoms with Gasteiger partial charge in [-0.25, -0.2) is 0 Å². The van der Waals surface area contributed by atoms with Crippen LogP contribution in [-0.2, 0) is 0 Å². The van der Waals surface area contributed by atoms with Crippen LogP contribution in [0.15, 0.2) is 0 Å². The molecule has 3 unspecified atom stereocenters. The van der Waals surface area contributed by atoms with Gasteiger partial charge in [-0.3, -0.25) is 0 Å². The maximum absolute atomic E-state index is 2.42. The van der Waals surface area contributed by atoms with Crippen LogP contribution in [0.3, 0.4) is 0 Å². The number of rotatable bonds is 1. The van der Waals surface area contributed by atoms with Gasteiger partial charge in [-0.05, 0) is 29.6 Å². The summed E-state index contributed by atoms with van der Waals surface area (Å²) in [6.45, 7) is 11.9. The van der Waals surface area contributed by atoms with E-state index in [1.54, 1.807) is 0 Å². The van der Waals surface area contributed by atoms with Crippen LogP contribution in [-0.4, -0.2) is 0 Å². The summed E-state index contributed by atoms with van der Waals surface area (Å²) >= 11 is 0. The molecule has 0 spiro atoms. The lowest BCUT2D eigenvalue weighted by molar-refractivity contribution is -0.00159. The molecule has 0 aliphatic heterocycles. The molecule has 0 aromatic carbocycles. The Morgan fingerprint density at radius 3 is 2.09 bits per heavy atom. The van der Waals surface area contributed by atoms with Crippen LogP contribution in [0.1, 0.15) is 47.5 Å². The van der Waals surface area contributed by atoms with Crippen molar-refractivity contribution in [3.05, 3.63) is 0 Å². The van der Waals surface area contributed by atoms with Crippen LogP contribution >= 0.6 is 0 Å². The molecule has 0 saturated heterocycles. The second kappa shape index (κ2) is 2.80. The highest BCUT2D eigenvalue weighted by Gasteiger charge is 2.42. The van der Waals surface area contributed by atoms with Crippen molar-refractivity contribution in [2.75, 3.05) is 0 Å². The van der Waals surface area contributed by atoms with E-state index in [-0.39, 0.29) is 0 Å². The monoisotopic (exact) mass is 154 g/mol. The maximum atomic E-state index is 2.42. The third-order valence-corrected chi connectivity index (χ3v) is 3.57. The van der Waals surface area contributed by atoms with Gasteiger partial charge < -0.3 is 0 Å². The van der Waals surface area contributed by atoms with Crippen molar-refractivity contribution in [2.24, 2.45) is 23.2 Å². The molecule has 0 aromatic rings. The van der Waals surface area contributed by atoms with Crippen molar-refractivity contribution in [1.29, 1.82) is 0 Å². The zero-order valence-electron chi connectivity index (χ0n) is 8.65. The van der Waals surface area contributed by atoms with E-state index in [1.165, 1.54) is 12.8 Å². The van der Waals surface area contributed by atoms with Gasteiger partial charge in [0.2, 0.25) is 0 Å². The van der Waals surface area contributed by atoms with Gasteiger partial charge in [0.25, 0.3) is 0 Å². The molecule has 1 rings (SSSR count). The Kier molecular flexibility index (Phi) is 2.32. The number of hydrogen-bond donors (Lipinski definition) is 0. The Morgan fingerprint density at radius 1 is 1.27 bits per heavy atom. The molecule has 0 radical (unpaired) electrons. The van der Waals surface area contributed by atoms with Crippen molar-refractivity contribution in [2.45, 2.75) is 47.5 Å². The summed E-state index contributed by atoms with van der Waals surface area (Å²) < 4.78 is 0. The molecular formula is C11H22. The van der Waals surface area contributed by atoms with Gasteiger partial charge in [-0.15, -0.1) is 0 Å². The highest BCUT2D eigenvalue weighted by molar-refractivity contribution is 4.91. The Morgan fingerprint density at radius 2 is 1.82 bits per heavy atom. The Bertz CT molecular complexity index is 129. The normalized spacial score (nSPS) is 38.5. The van der Waals surface area contributed by atoms with Gasteiger partial charge in [0.1, 0.15) is 0 Å². The van der Waals surface area contributed by atoms with E-state index in [2.05, 4.69) is 34.6 Å².